The summed E-state index contributed by atoms with van der Waals surface area (Å²) in [6.45, 7) is 8.12. The monoisotopic (exact) mass is 414 g/mol. The molecule has 31 heavy (non-hydrogen) atoms. The molecular formula is C27H30N2O2. The lowest BCUT2D eigenvalue weighted by Gasteiger charge is -2.29. The maximum Gasteiger partial charge on any atom is 0.332 e. The van der Waals surface area contributed by atoms with Gasteiger partial charge in [-0.3, -0.25) is 4.79 Å². The Morgan fingerprint density at radius 2 is 1.71 bits per heavy atom. The zero-order valence-electron chi connectivity index (χ0n) is 18.8. The molecule has 0 aromatic heterocycles. The second-order valence-electron chi connectivity index (χ2n) is 9.12. The van der Waals surface area contributed by atoms with E-state index in [0.717, 1.165) is 29.5 Å². The molecule has 2 aromatic carbocycles. The Balaban J connectivity index is 1.62. The van der Waals surface area contributed by atoms with Crippen LogP contribution in [0.3, 0.4) is 0 Å². The fraction of sp³-hybridized carbons (Fsp3) is 0.333. The van der Waals surface area contributed by atoms with E-state index in [-0.39, 0.29) is 11.9 Å². The van der Waals surface area contributed by atoms with Crippen molar-refractivity contribution in [1.29, 1.82) is 0 Å². The van der Waals surface area contributed by atoms with Crippen molar-refractivity contribution in [3.05, 3.63) is 89.0 Å². The number of imide groups is 1. The molecular weight excluding hydrogens is 384 g/mol. The van der Waals surface area contributed by atoms with Gasteiger partial charge in [0, 0.05) is 6.54 Å². The molecule has 1 aliphatic heterocycles. The number of aryl methyl sites for hydroxylation is 2. The molecule has 0 spiro atoms. The van der Waals surface area contributed by atoms with Gasteiger partial charge >= 0.3 is 6.03 Å². The average Bonchev–Trinajstić information content (AvgIpc) is 2.92. The molecule has 1 aliphatic carbocycles. The summed E-state index contributed by atoms with van der Waals surface area (Å²) in [5, 5.41) is 0. The van der Waals surface area contributed by atoms with Crippen molar-refractivity contribution in [2.24, 2.45) is 5.92 Å². The van der Waals surface area contributed by atoms with Gasteiger partial charge in [0.15, 0.2) is 0 Å². The van der Waals surface area contributed by atoms with Gasteiger partial charge < -0.3 is 4.90 Å². The van der Waals surface area contributed by atoms with Crippen LogP contribution in [0.5, 0.6) is 0 Å². The molecule has 1 atom stereocenters. The second kappa shape index (κ2) is 8.18. The van der Waals surface area contributed by atoms with Gasteiger partial charge in [-0.1, -0.05) is 54.6 Å². The summed E-state index contributed by atoms with van der Waals surface area (Å²) in [5.74, 6) is 0.278. The Morgan fingerprint density at radius 3 is 2.39 bits per heavy atom. The Kier molecular flexibility index (Phi) is 5.57. The molecule has 0 radical (unpaired) electrons. The molecule has 0 N–H and O–H groups in total. The minimum absolute atomic E-state index is 0.182. The average molecular weight is 415 g/mol. The van der Waals surface area contributed by atoms with Crippen LogP contribution in [0.25, 0.3) is 0 Å². The first kappa shape index (κ1) is 21.1. The lowest BCUT2D eigenvalue weighted by molar-refractivity contribution is -0.123. The first-order chi connectivity index (χ1) is 14.8. The van der Waals surface area contributed by atoms with Gasteiger partial charge in [-0.05, 0) is 80.8 Å². The SMILES string of the molecule is Cc1ccc(N2C(=O)N(Cc3ccccc3CC3C=CC=CC3)C(C)(C)C2=O)cc1C. The summed E-state index contributed by atoms with van der Waals surface area (Å²) in [4.78, 5) is 29.8. The maximum atomic E-state index is 13.4. The number of allylic oxidation sites excluding steroid dienone is 4. The molecule has 0 saturated carbocycles. The molecule has 2 aromatic rings. The zero-order chi connectivity index (χ0) is 22.2. The molecule has 1 saturated heterocycles. The minimum Gasteiger partial charge on any atom is -0.305 e. The number of amides is 3. The number of nitrogens with zero attached hydrogens (tertiary/aromatic N) is 2. The number of anilines is 1. The smallest absolute Gasteiger partial charge is 0.305 e. The van der Waals surface area contributed by atoms with Gasteiger partial charge in [0.05, 0.1) is 5.69 Å². The van der Waals surface area contributed by atoms with Crippen LogP contribution in [0.15, 0.2) is 66.8 Å². The van der Waals surface area contributed by atoms with Gasteiger partial charge in [-0.15, -0.1) is 0 Å². The summed E-state index contributed by atoms with van der Waals surface area (Å²) in [6.07, 6.45) is 10.6. The van der Waals surface area contributed by atoms with Crippen molar-refractivity contribution in [2.75, 3.05) is 4.90 Å². The van der Waals surface area contributed by atoms with E-state index in [1.165, 1.54) is 10.5 Å². The topological polar surface area (TPSA) is 40.6 Å². The van der Waals surface area contributed by atoms with E-state index in [0.29, 0.717) is 18.2 Å². The second-order valence-corrected chi connectivity index (χ2v) is 9.12. The van der Waals surface area contributed by atoms with E-state index in [9.17, 15) is 9.59 Å². The standard InChI is InChI=1S/C27H30N2O2/c1-19-14-15-24(16-20(19)2)29-25(30)27(3,4)28(26(29)31)18-23-13-9-8-12-22(23)17-21-10-6-5-7-11-21/h5-10,12-16,21H,11,17-18H2,1-4H3. The van der Waals surface area contributed by atoms with E-state index >= 15 is 0 Å². The molecule has 1 heterocycles. The number of rotatable bonds is 5. The molecule has 4 rings (SSSR count). The summed E-state index contributed by atoms with van der Waals surface area (Å²) in [5.41, 5.74) is 4.26. The molecule has 160 valence electrons. The third kappa shape index (κ3) is 3.95. The van der Waals surface area contributed by atoms with Crippen molar-refractivity contribution in [1.82, 2.24) is 4.90 Å². The van der Waals surface area contributed by atoms with E-state index in [4.69, 9.17) is 0 Å². The van der Waals surface area contributed by atoms with Gasteiger partial charge in [-0.2, -0.15) is 0 Å². The number of carbonyl (C=O) groups is 2. The fourth-order valence-corrected chi connectivity index (χ4v) is 4.34. The van der Waals surface area contributed by atoms with E-state index < -0.39 is 5.54 Å². The number of carbonyl (C=O) groups excluding carboxylic acids is 2. The number of benzene rings is 2. The van der Waals surface area contributed by atoms with Crippen LogP contribution in [0.4, 0.5) is 10.5 Å². The number of hydrogen-bond acceptors (Lipinski definition) is 2. The Hall–Kier alpha value is -3.14. The quantitative estimate of drug-likeness (QED) is 0.587. The Bertz CT molecular complexity index is 1080. The van der Waals surface area contributed by atoms with E-state index in [2.05, 4.69) is 36.4 Å². The largest absolute Gasteiger partial charge is 0.332 e. The normalized spacial score (nSPS) is 20.1. The number of urea groups is 1. The van der Waals surface area contributed by atoms with E-state index in [1.54, 1.807) is 4.90 Å². The van der Waals surface area contributed by atoms with Crippen molar-refractivity contribution >= 4 is 17.6 Å². The summed E-state index contributed by atoms with van der Waals surface area (Å²) in [7, 11) is 0. The number of hydrogen-bond donors (Lipinski definition) is 0. The molecule has 0 bridgehead atoms. The van der Waals surface area contributed by atoms with Crippen LogP contribution in [-0.4, -0.2) is 22.4 Å². The van der Waals surface area contributed by atoms with Gasteiger partial charge in [-0.25, -0.2) is 9.69 Å². The van der Waals surface area contributed by atoms with Crippen LogP contribution in [0.1, 0.15) is 42.5 Å². The molecule has 4 nitrogen and oxygen atoms in total. The Labute approximate surface area is 184 Å². The Morgan fingerprint density at radius 1 is 0.968 bits per heavy atom. The summed E-state index contributed by atoms with van der Waals surface area (Å²) >= 11 is 0. The van der Waals surface area contributed by atoms with Gasteiger partial charge in [0.2, 0.25) is 0 Å². The highest BCUT2D eigenvalue weighted by atomic mass is 16.2. The molecule has 3 amide bonds. The molecule has 1 unspecified atom stereocenters. The van der Waals surface area contributed by atoms with Crippen LogP contribution >= 0.6 is 0 Å². The highest BCUT2D eigenvalue weighted by Gasteiger charge is 2.51. The minimum atomic E-state index is -0.906. The summed E-state index contributed by atoms with van der Waals surface area (Å²) in [6, 6.07) is 13.7. The van der Waals surface area contributed by atoms with Crippen molar-refractivity contribution in [3.63, 3.8) is 0 Å². The lowest BCUT2D eigenvalue weighted by atomic mass is 9.90. The fourth-order valence-electron chi connectivity index (χ4n) is 4.34. The van der Waals surface area contributed by atoms with Crippen LogP contribution in [0.2, 0.25) is 0 Å². The van der Waals surface area contributed by atoms with Crippen LogP contribution in [0, 0.1) is 19.8 Å². The van der Waals surface area contributed by atoms with Crippen molar-refractivity contribution < 1.29 is 9.59 Å². The third-order valence-corrected chi connectivity index (χ3v) is 6.57. The first-order valence-electron chi connectivity index (χ1n) is 10.9. The van der Waals surface area contributed by atoms with Crippen molar-refractivity contribution in [2.45, 2.75) is 52.6 Å². The molecule has 4 heteroatoms. The predicted octanol–water partition coefficient (Wildman–Crippen LogP) is 5.73. The first-order valence-corrected chi connectivity index (χ1v) is 10.9. The van der Waals surface area contributed by atoms with Crippen molar-refractivity contribution in [3.8, 4) is 0 Å². The van der Waals surface area contributed by atoms with Crippen LogP contribution < -0.4 is 4.90 Å². The molecule has 1 fully saturated rings. The maximum absolute atomic E-state index is 13.4. The van der Waals surface area contributed by atoms with Gasteiger partial charge in [0.25, 0.3) is 5.91 Å². The third-order valence-electron chi connectivity index (χ3n) is 6.57. The highest BCUT2D eigenvalue weighted by molar-refractivity contribution is 6.23. The van der Waals surface area contributed by atoms with E-state index in [1.807, 2.05) is 58.0 Å². The molecule has 2 aliphatic rings. The lowest BCUT2D eigenvalue weighted by Crippen LogP contribution is -2.43. The summed E-state index contributed by atoms with van der Waals surface area (Å²) < 4.78 is 0. The van der Waals surface area contributed by atoms with Crippen LogP contribution in [-0.2, 0) is 17.8 Å². The highest BCUT2D eigenvalue weighted by Crippen LogP contribution is 2.34. The predicted molar refractivity (Wildman–Crippen MR) is 125 cm³/mol. The zero-order valence-corrected chi connectivity index (χ0v) is 18.8. The van der Waals surface area contributed by atoms with Gasteiger partial charge in [0.1, 0.15) is 5.54 Å².